The highest BCUT2D eigenvalue weighted by molar-refractivity contribution is 8.01. The second-order valence-electron chi connectivity index (χ2n) is 4.65. The zero-order chi connectivity index (χ0) is 13.4. The third kappa shape index (κ3) is 2.34. The first-order chi connectivity index (χ1) is 9.16. The van der Waals surface area contributed by atoms with Crippen LogP contribution in [0.2, 0.25) is 0 Å². The van der Waals surface area contributed by atoms with Crippen LogP contribution in [0, 0.1) is 5.82 Å². The largest absolute Gasteiger partial charge is 0.358 e. The van der Waals surface area contributed by atoms with Crippen LogP contribution in [0.1, 0.15) is 12.0 Å². The molecule has 3 rings (SSSR count). The monoisotopic (exact) mass is 296 g/mol. The van der Waals surface area contributed by atoms with Crippen LogP contribution in [0.3, 0.4) is 0 Å². The first kappa shape index (κ1) is 12.9. The number of hydrogen-bond acceptors (Lipinski definition) is 3. The third-order valence-electron chi connectivity index (χ3n) is 3.44. The summed E-state index contributed by atoms with van der Waals surface area (Å²) in [6.45, 7) is 0.196. The Labute approximate surface area is 120 Å². The van der Waals surface area contributed by atoms with Crippen molar-refractivity contribution < 1.29 is 9.18 Å². The van der Waals surface area contributed by atoms with Crippen molar-refractivity contribution in [3.05, 3.63) is 35.6 Å². The zero-order valence-electron chi connectivity index (χ0n) is 10.1. The second-order valence-corrected chi connectivity index (χ2v) is 6.29. The number of carbonyl (C=O) groups excluding carboxylic acids is 1. The molecule has 2 unspecified atom stereocenters. The number of amides is 1. The fourth-order valence-electron chi connectivity index (χ4n) is 2.42. The summed E-state index contributed by atoms with van der Waals surface area (Å²) in [7, 11) is 0. The number of thiocarbonyl (C=S) groups is 1. The molecule has 2 saturated heterocycles. The van der Waals surface area contributed by atoms with Crippen molar-refractivity contribution >= 4 is 35.0 Å². The van der Waals surface area contributed by atoms with E-state index in [1.165, 1.54) is 11.0 Å². The molecule has 2 fully saturated rings. The van der Waals surface area contributed by atoms with Gasteiger partial charge in [0, 0.05) is 11.6 Å². The summed E-state index contributed by atoms with van der Waals surface area (Å²) >= 11 is 6.88. The van der Waals surface area contributed by atoms with Gasteiger partial charge in [-0.15, -0.1) is 11.8 Å². The number of hydrogen-bond donors (Lipinski definition) is 1. The van der Waals surface area contributed by atoms with Crippen molar-refractivity contribution in [1.29, 1.82) is 0 Å². The average molecular weight is 296 g/mol. The highest BCUT2D eigenvalue weighted by Crippen LogP contribution is 2.32. The Morgan fingerprint density at radius 2 is 2.26 bits per heavy atom. The number of nitrogens with zero attached hydrogens (tertiary/aromatic N) is 1. The maximum absolute atomic E-state index is 13.7. The molecule has 0 radical (unpaired) electrons. The van der Waals surface area contributed by atoms with Crippen molar-refractivity contribution in [2.75, 3.05) is 5.75 Å². The predicted octanol–water partition coefficient (Wildman–Crippen LogP) is 1.92. The van der Waals surface area contributed by atoms with E-state index in [2.05, 4.69) is 5.32 Å². The normalized spacial score (nSPS) is 26.3. The van der Waals surface area contributed by atoms with Gasteiger partial charge in [-0.05, 0) is 30.5 Å². The van der Waals surface area contributed by atoms with Gasteiger partial charge in [0.15, 0.2) is 5.11 Å². The van der Waals surface area contributed by atoms with E-state index in [1.807, 2.05) is 0 Å². The van der Waals surface area contributed by atoms with Gasteiger partial charge in [0.25, 0.3) is 0 Å². The summed E-state index contributed by atoms with van der Waals surface area (Å²) in [6.07, 6.45) is 0.953. The van der Waals surface area contributed by atoms with Gasteiger partial charge in [-0.25, -0.2) is 4.39 Å². The highest BCUT2D eigenvalue weighted by atomic mass is 32.2. The van der Waals surface area contributed by atoms with E-state index in [1.54, 1.807) is 30.0 Å². The molecule has 2 aliphatic rings. The molecule has 1 aromatic carbocycles. The number of rotatable bonds is 2. The van der Waals surface area contributed by atoms with E-state index < -0.39 is 0 Å². The molecular weight excluding hydrogens is 283 g/mol. The lowest BCUT2D eigenvalue weighted by atomic mass is 10.1. The van der Waals surface area contributed by atoms with Crippen LogP contribution in [0.25, 0.3) is 0 Å². The standard InChI is InChI=1S/C13H13FN2OS2/c14-9-4-2-1-3-8(9)7-16-12(17)11-10(5-6-19-11)15-13(16)18/h1-4,10-11H,5-7H2,(H,15,18). The summed E-state index contributed by atoms with van der Waals surface area (Å²) < 4.78 is 13.7. The summed E-state index contributed by atoms with van der Waals surface area (Å²) in [5.74, 6) is 0.656. The molecule has 0 bridgehead atoms. The Kier molecular flexibility index (Phi) is 3.45. The minimum atomic E-state index is -0.306. The molecule has 1 amide bonds. The molecule has 3 nitrogen and oxygen atoms in total. The predicted molar refractivity (Wildman–Crippen MR) is 77.3 cm³/mol. The van der Waals surface area contributed by atoms with Crippen molar-refractivity contribution in [2.24, 2.45) is 0 Å². The molecule has 2 aliphatic heterocycles. The highest BCUT2D eigenvalue weighted by Gasteiger charge is 2.42. The van der Waals surface area contributed by atoms with Crippen LogP contribution in [0.5, 0.6) is 0 Å². The average Bonchev–Trinajstić information content (AvgIpc) is 2.84. The Morgan fingerprint density at radius 1 is 1.47 bits per heavy atom. The van der Waals surface area contributed by atoms with Crippen LogP contribution in [0.4, 0.5) is 4.39 Å². The van der Waals surface area contributed by atoms with Gasteiger partial charge in [0.2, 0.25) is 5.91 Å². The Bertz CT molecular complexity index is 537. The van der Waals surface area contributed by atoms with Gasteiger partial charge in [0.1, 0.15) is 11.1 Å². The summed E-state index contributed by atoms with van der Waals surface area (Å²) in [5.41, 5.74) is 0.487. The van der Waals surface area contributed by atoms with Crippen LogP contribution < -0.4 is 5.32 Å². The van der Waals surface area contributed by atoms with E-state index in [0.717, 1.165) is 12.2 Å². The minimum Gasteiger partial charge on any atom is -0.358 e. The smallest absolute Gasteiger partial charge is 0.244 e. The van der Waals surface area contributed by atoms with E-state index in [-0.39, 0.29) is 29.6 Å². The van der Waals surface area contributed by atoms with Crippen molar-refractivity contribution in [3.63, 3.8) is 0 Å². The molecule has 19 heavy (non-hydrogen) atoms. The first-order valence-corrected chi connectivity index (χ1v) is 7.59. The molecule has 2 heterocycles. The molecule has 1 N–H and O–H groups in total. The Hall–Kier alpha value is -1.14. The van der Waals surface area contributed by atoms with Gasteiger partial charge in [0.05, 0.1) is 6.54 Å². The van der Waals surface area contributed by atoms with Gasteiger partial charge in [-0.3, -0.25) is 9.69 Å². The molecule has 0 aromatic heterocycles. The second kappa shape index (κ2) is 5.09. The molecular formula is C13H13FN2OS2. The number of benzene rings is 1. The quantitative estimate of drug-likeness (QED) is 0.845. The number of nitrogens with one attached hydrogen (secondary N) is 1. The number of thioether (sulfide) groups is 1. The SMILES string of the molecule is O=C1C2SCCC2NC(=S)N1Cc1ccccc1F. The van der Waals surface area contributed by atoms with Crippen LogP contribution in [-0.4, -0.2) is 33.0 Å². The van der Waals surface area contributed by atoms with E-state index in [0.29, 0.717) is 10.7 Å². The molecule has 0 saturated carbocycles. The molecule has 2 atom stereocenters. The van der Waals surface area contributed by atoms with Crippen molar-refractivity contribution in [2.45, 2.75) is 24.3 Å². The van der Waals surface area contributed by atoms with Crippen LogP contribution >= 0.6 is 24.0 Å². The molecule has 100 valence electrons. The van der Waals surface area contributed by atoms with Gasteiger partial charge < -0.3 is 5.32 Å². The number of carbonyl (C=O) groups is 1. The maximum Gasteiger partial charge on any atom is 0.244 e. The fraction of sp³-hybridized carbons (Fsp3) is 0.385. The maximum atomic E-state index is 13.7. The lowest BCUT2D eigenvalue weighted by molar-refractivity contribution is -0.128. The zero-order valence-corrected chi connectivity index (χ0v) is 11.8. The van der Waals surface area contributed by atoms with Crippen molar-refractivity contribution in [3.8, 4) is 0 Å². The Balaban J connectivity index is 1.82. The van der Waals surface area contributed by atoms with Gasteiger partial charge in [-0.1, -0.05) is 18.2 Å². The fourth-order valence-corrected chi connectivity index (χ4v) is 4.07. The van der Waals surface area contributed by atoms with E-state index >= 15 is 0 Å². The summed E-state index contributed by atoms with van der Waals surface area (Å²) in [5, 5.41) is 3.52. The van der Waals surface area contributed by atoms with Crippen molar-refractivity contribution in [1.82, 2.24) is 10.2 Å². The van der Waals surface area contributed by atoms with Crippen LogP contribution in [-0.2, 0) is 11.3 Å². The topological polar surface area (TPSA) is 32.3 Å². The molecule has 0 spiro atoms. The third-order valence-corrected chi connectivity index (χ3v) is 5.14. The van der Waals surface area contributed by atoms with E-state index in [9.17, 15) is 9.18 Å². The van der Waals surface area contributed by atoms with E-state index in [4.69, 9.17) is 12.2 Å². The molecule has 0 aliphatic carbocycles. The van der Waals surface area contributed by atoms with Crippen LogP contribution in [0.15, 0.2) is 24.3 Å². The summed E-state index contributed by atoms with van der Waals surface area (Å²) in [6, 6.07) is 6.61. The first-order valence-electron chi connectivity index (χ1n) is 6.13. The number of fused-ring (bicyclic) bond motifs is 1. The number of halogens is 1. The molecule has 1 aromatic rings. The van der Waals surface area contributed by atoms with Gasteiger partial charge >= 0.3 is 0 Å². The van der Waals surface area contributed by atoms with Gasteiger partial charge in [-0.2, -0.15) is 0 Å². The lowest BCUT2D eigenvalue weighted by Crippen LogP contribution is -2.59. The molecule has 6 heteroatoms. The summed E-state index contributed by atoms with van der Waals surface area (Å²) in [4.78, 5) is 13.9. The lowest BCUT2D eigenvalue weighted by Gasteiger charge is -2.35. The Morgan fingerprint density at radius 3 is 3.05 bits per heavy atom. The minimum absolute atomic E-state index is 0.000460.